The summed E-state index contributed by atoms with van der Waals surface area (Å²) in [6.45, 7) is 1.99. The molecule has 0 aliphatic carbocycles. The molecule has 1 aliphatic rings. The molecule has 1 aliphatic heterocycles. The van der Waals surface area contributed by atoms with Crippen molar-refractivity contribution < 1.29 is 14.1 Å². The number of hydrogen-bond acceptors (Lipinski definition) is 4. The number of benzene rings is 1. The third kappa shape index (κ3) is 1.88. The van der Waals surface area contributed by atoms with Gasteiger partial charge in [0, 0.05) is 10.5 Å². The van der Waals surface area contributed by atoms with Gasteiger partial charge < -0.3 is 4.52 Å². The van der Waals surface area contributed by atoms with E-state index in [0.717, 1.165) is 5.69 Å². The van der Waals surface area contributed by atoms with Crippen LogP contribution in [0.3, 0.4) is 0 Å². The fourth-order valence-electron chi connectivity index (χ4n) is 2.11. The number of hydrogen-bond donors (Lipinski definition) is 0. The molecule has 0 N–H and O–H groups in total. The van der Waals surface area contributed by atoms with Crippen LogP contribution < -0.4 is 4.90 Å². The number of rotatable bonds is 2. The predicted octanol–water partition coefficient (Wildman–Crippen LogP) is 2.48. The van der Waals surface area contributed by atoms with Gasteiger partial charge in [0.25, 0.3) is 11.7 Å². The predicted molar refractivity (Wildman–Crippen MR) is 70.9 cm³/mol. The maximum atomic E-state index is 12.0. The SMILES string of the molecule is Cc1cc(CN2C(=O)C(=O)c3cccc(Br)c32)on1. The molecule has 5 nitrogen and oxygen atoms in total. The van der Waals surface area contributed by atoms with Crippen LogP contribution in [0, 0.1) is 6.92 Å². The average Bonchev–Trinajstić information content (AvgIpc) is 2.89. The third-order valence-electron chi connectivity index (χ3n) is 2.93. The van der Waals surface area contributed by atoms with Gasteiger partial charge in [-0.25, -0.2) is 0 Å². The summed E-state index contributed by atoms with van der Waals surface area (Å²) in [6.07, 6.45) is 0. The second kappa shape index (κ2) is 4.31. The van der Waals surface area contributed by atoms with Gasteiger partial charge in [-0.05, 0) is 35.0 Å². The lowest BCUT2D eigenvalue weighted by Gasteiger charge is -2.15. The number of Topliss-reactive ketones (excluding diaryl/α,β-unsaturated/α-hetero) is 1. The fraction of sp³-hybridized carbons (Fsp3) is 0.154. The van der Waals surface area contributed by atoms with E-state index in [2.05, 4.69) is 21.1 Å². The molecule has 0 spiro atoms. The number of para-hydroxylation sites is 1. The fourth-order valence-corrected chi connectivity index (χ4v) is 2.69. The van der Waals surface area contributed by atoms with Crippen LogP contribution in [0.2, 0.25) is 0 Å². The molecule has 1 amide bonds. The second-order valence-electron chi connectivity index (χ2n) is 4.29. The maximum absolute atomic E-state index is 12.0. The molecule has 0 atom stereocenters. The third-order valence-corrected chi connectivity index (χ3v) is 3.57. The van der Waals surface area contributed by atoms with Crippen molar-refractivity contribution in [1.29, 1.82) is 0 Å². The van der Waals surface area contributed by atoms with Crippen LogP contribution >= 0.6 is 15.9 Å². The Labute approximate surface area is 117 Å². The highest BCUT2D eigenvalue weighted by Crippen LogP contribution is 2.36. The van der Waals surface area contributed by atoms with Gasteiger partial charge in [-0.3, -0.25) is 14.5 Å². The molecule has 0 radical (unpaired) electrons. The summed E-state index contributed by atoms with van der Waals surface area (Å²) in [4.78, 5) is 25.3. The van der Waals surface area contributed by atoms with Crippen LogP contribution in [0.1, 0.15) is 21.8 Å². The summed E-state index contributed by atoms with van der Waals surface area (Å²) in [5.41, 5.74) is 1.74. The van der Waals surface area contributed by atoms with Crippen molar-refractivity contribution in [3.8, 4) is 0 Å². The number of amides is 1. The van der Waals surface area contributed by atoms with E-state index < -0.39 is 11.7 Å². The number of fused-ring (bicyclic) bond motifs is 1. The lowest BCUT2D eigenvalue weighted by atomic mass is 10.1. The number of carbonyl (C=O) groups excluding carboxylic acids is 2. The zero-order chi connectivity index (χ0) is 13.6. The topological polar surface area (TPSA) is 63.4 Å². The minimum absolute atomic E-state index is 0.195. The Balaban J connectivity index is 2.04. The molecule has 6 heteroatoms. The molecule has 96 valence electrons. The average molecular weight is 321 g/mol. The molecule has 2 aromatic rings. The van der Waals surface area contributed by atoms with E-state index in [-0.39, 0.29) is 6.54 Å². The van der Waals surface area contributed by atoms with Gasteiger partial charge in [0.1, 0.15) is 0 Å². The van der Waals surface area contributed by atoms with Gasteiger partial charge in [0.15, 0.2) is 5.76 Å². The molecule has 3 rings (SSSR count). The number of aryl methyl sites for hydroxylation is 1. The number of nitrogens with zero attached hydrogens (tertiary/aromatic N) is 2. The van der Waals surface area contributed by atoms with Crippen molar-refractivity contribution in [2.45, 2.75) is 13.5 Å². The summed E-state index contributed by atoms with van der Waals surface area (Å²) < 4.78 is 5.80. The number of halogens is 1. The minimum Gasteiger partial charge on any atom is -0.359 e. The summed E-state index contributed by atoms with van der Waals surface area (Å²) in [5, 5.41) is 3.77. The first-order chi connectivity index (χ1) is 9.08. The normalized spacial score (nSPS) is 14.1. The number of anilines is 1. The van der Waals surface area contributed by atoms with Crippen molar-refractivity contribution in [2.24, 2.45) is 0 Å². The Hall–Kier alpha value is -1.95. The maximum Gasteiger partial charge on any atom is 0.299 e. The van der Waals surface area contributed by atoms with Crippen molar-refractivity contribution in [2.75, 3.05) is 4.90 Å². The van der Waals surface area contributed by atoms with Crippen LogP contribution in [0.4, 0.5) is 5.69 Å². The molecule has 0 bridgehead atoms. The van der Waals surface area contributed by atoms with E-state index in [0.29, 0.717) is 21.5 Å². The van der Waals surface area contributed by atoms with Crippen molar-refractivity contribution in [3.63, 3.8) is 0 Å². The van der Waals surface area contributed by atoms with Crippen molar-refractivity contribution in [1.82, 2.24) is 5.16 Å². The Morgan fingerprint density at radius 1 is 1.37 bits per heavy atom. The molecular weight excluding hydrogens is 312 g/mol. The quantitative estimate of drug-likeness (QED) is 0.797. The first-order valence-corrected chi connectivity index (χ1v) is 6.44. The van der Waals surface area contributed by atoms with E-state index in [1.807, 2.05) is 0 Å². The van der Waals surface area contributed by atoms with Gasteiger partial charge in [-0.15, -0.1) is 0 Å². The number of ketones is 1. The van der Waals surface area contributed by atoms with Crippen LogP contribution in [-0.4, -0.2) is 16.8 Å². The van der Waals surface area contributed by atoms with E-state index in [4.69, 9.17) is 4.52 Å². The molecule has 0 unspecified atom stereocenters. The van der Waals surface area contributed by atoms with Gasteiger partial charge in [-0.2, -0.15) is 0 Å². The van der Waals surface area contributed by atoms with E-state index in [1.165, 1.54) is 4.90 Å². The number of aromatic nitrogens is 1. The smallest absolute Gasteiger partial charge is 0.299 e. The molecule has 1 aromatic heterocycles. The Morgan fingerprint density at radius 3 is 2.84 bits per heavy atom. The highest BCUT2D eigenvalue weighted by Gasteiger charge is 2.37. The second-order valence-corrected chi connectivity index (χ2v) is 5.15. The molecule has 0 saturated carbocycles. The monoisotopic (exact) mass is 320 g/mol. The molecule has 0 fully saturated rings. The van der Waals surface area contributed by atoms with Crippen molar-refractivity contribution >= 4 is 33.3 Å². The zero-order valence-electron chi connectivity index (χ0n) is 10.0. The zero-order valence-corrected chi connectivity index (χ0v) is 11.6. The van der Waals surface area contributed by atoms with Gasteiger partial charge in [0.2, 0.25) is 0 Å². The highest BCUT2D eigenvalue weighted by atomic mass is 79.9. The molecule has 19 heavy (non-hydrogen) atoms. The highest BCUT2D eigenvalue weighted by molar-refractivity contribution is 9.10. The van der Waals surface area contributed by atoms with E-state index >= 15 is 0 Å². The van der Waals surface area contributed by atoms with Gasteiger partial charge in [0.05, 0.1) is 23.5 Å². The van der Waals surface area contributed by atoms with Gasteiger partial charge in [-0.1, -0.05) is 11.2 Å². The van der Waals surface area contributed by atoms with Crippen molar-refractivity contribution in [3.05, 3.63) is 45.8 Å². The summed E-state index contributed by atoms with van der Waals surface area (Å²) in [6, 6.07) is 6.91. The standard InChI is InChI=1S/C13H9BrN2O3/c1-7-5-8(19-15-7)6-16-11-9(12(17)13(16)18)3-2-4-10(11)14/h2-5H,6H2,1H3. The molecular formula is C13H9BrN2O3. The van der Waals surface area contributed by atoms with Gasteiger partial charge >= 0.3 is 0 Å². The summed E-state index contributed by atoms with van der Waals surface area (Å²) >= 11 is 3.37. The lowest BCUT2D eigenvalue weighted by molar-refractivity contribution is -0.114. The summed E-state index contributed by atoms with van der Waals surface area (Å²) in [7, 11) is 0. The lowest BCUT2D eigenvalue weighted by Crippen LogP contribution is -2.29. The largest absolute Gasteiger partial charge is 0.359 e. The Bertz CT molecular complexity index is 693. The Morgan fingerprint density at radius 2 is 2.16 bits per heavy atom. The van der Waals surface area contributed by atoms with E-state index in [9.17, 15) is 9.59 Å². The molecule has 0 saturated heterocycles. The number of carbonyl (C=O) groups is 2. The minimum atomic E-state index is -0.545. The van der Waals surface area contributed by atoms with E-state index in [1.54, 1.807) is 31.2 Å². The Kier molecular flexibility index (Phi) is 2.74. The van der Waals surface area contributed by atoms with Crippen LogP contribution in [0.15, 0.2) is 33.3 Å². The molecule has 2 heterocycles. The molecule has 1 aromatic carbocycles. The van der Waals surface area contributed by atoms with Crippen LogP contribution in [0.25, 0.3) is 0 Å². The first kappa shape index (κ1) is 12.1. The van der Waals surface area contributed by atoms with Crippen LogP contribution in [-0.2, 0) is 11.3 Å². The summed E-state index contributed by atoms with van der Waals surface area (Å²) in [5.74, 6) is -0.495. The first-order valence-electron chi connectivity index (χ1n) is 5.65. The van der Waals surface area contributed by atoms with Crippen LogP contribution in [0.5, 0.6) is 0 Å².